The summed E-state index contributed by atoms with van der Waals surface area (Å²) in [5, 5.41) is 0. The largest absolute Gasteiger partial charge is 0.497 e. The van der Waals surface area contributed by atoms with Gasteiger partial charge in [0.05, 0.1) is 11.6 Å². The molecule has 0 fully saturated rings. The van der Waals surface area contributed by atoms with Gasteiger partial charge in [0.15, 0.2) is 11.6 Å². The average molecular weight is 329 g/mol. The monoisotopic (exact) mass is 328 g/mol. The summed E-state index contributed by atoms with van der Waals surface area (Å²) < 4.78 is 37.1. The van der Waals surface area contributed by atoms with E-state index in [0.29, 0.717) is 0 Å². The Kier molecular flexibility index (Phi) is 4.37. The summed E-state index contributed by atoms with van der Waals surface area (Å²) in [4.78, 5) is 0. The lowest BCUT2D eigenvalue weighted by Crippen LogP contribution is -1.98. The smallest absolute Gasteiger partial charge is 0.166 e. The zero-order chi connectivity index (χ0) is 13.8. The molecule has 2 rings (SSSR count). The SMILES string of the molecule is COc1ccc(COc2cc(F)c(Br)cc2F)cc1. The predicted octanol–water partition coefficient (Wildman–Crippen LogP) is 4.31. The lowest BCUT2D eigenvalue weighted by atomic mass is 10.2. The van der Waals surface area contributed by atoms with Gasteiger partial charge in [0.1, 0.15) is 18.2 Å². The van der Waals surface area contributed by atoms with Gasteiger partial charge in [0.25, 0.3) is 0 Å². The van der Waals surface area contributed by atoms with Crippen LogP contribution < -0.4 is 9.47 Å². The number of hydrogen-bond acceptors (Lipinski definition) is 2. The van der Waals surface area contributed by atoms with Crippen LogP contribution in [-0.2, 0) is 6.61 Å². The topological polar surface area (TPSA) is 18.5 Å². The van der Waals surface area contributed by atoms with E-state index >= 15 is 0 Å². The highest BCUT2D eigenvalue weighted by Crippen LogP contribution is 2.25. The van der Waals surface area contributed by atoms with Crippen LogP contribution in [0, 0.1) is 11.6 Å². The van der Waals surface area contributed by atoms with Crippen molar-refractivity contribution >= 4 is 15.9 Å². The van der Waals surface area contributed by atoms with Gasteiger partial charge in [0.2, 0.25) is 0 Å². The van der Waals surface area contributed by atoms with E-state index in [4.69, 9.17) is 9.47 Å². The van der Waals surface area contributed by atoms with Crippen LogP contribution in [0.25, 0.3) is 0 Å². The van der Waals surface area contributed by atoms with Crippen LogP contribution in [0.5, 0.6) is 11.5 Å². The first-order valence-electron chi connectivity index (χ1n) is 5.50. The molecule has 19 heavy (non-hydrogen) atoms. The van der Waals surface area contributed by atoms with Crippen LogP contribution in [0.4, 0.5) is 8.78 Å². The third-order valence-electron chi connectivity index (χ3n) is 2.53. The van der Waals surface area contributed by atoms with Gasteiger partial charge in [-0.1, -0.05) is 12.1 Å². The van der Waals surface area contributed by atoms with Crippen LogP contribution in [0.15, 0.2) is 40.9 Å². The van der Waals surface area contributed by atoms with Crippen molar-refractivity contribution in [3.8, 4) is 11.5 Å². The molecule has 2 nitrogen and oxygen atoms in total. The van der Waals surface area contributed by atoms with Crippen LogP contribution in [0.3, 0.4) is 0 Å². The first kappa shape index (κ1) is 13.8. The van der Waals surface area contributed by atoms with Crippen molar-refractivity contribution in [3.63, 3.8) is 0 Å². The second kappa shape index (κ2) is 6.02. The zero-order valence-corrected chi connectivity index (χ0v) is 11.7. The van der Waals surface area contributed by atoms with Gasteiger partial charge >= 0.3 is 0 Å². The van der Waals surface area contributed by atoms with E-state index in [1.807, 2.05) is 0 Å². The standard InChI is InChI=1S/C14H11BrF2O2/c1-18-10-4-2-9(3-5-10)8-19-14-7-12(16)11(15)6-13(14)17/h2-7H,8H2,1H3. The molecule has 0 aliphatic carbocycles. The minimum Gasteiger partial charge on any atom is -0.497 e. The Morgan fingerprint density at radius 1 is 1.05 bits per heavy atom. The average Bonchev–Trinajstić information content (AvgIpc) is 2.42. The second-order valence-electron chi connectivity index (χ2n) is 3.83. The van der Waals surface area contributed by atoms with Crippen molar-refractivity contribution in [3.05, 3.63) is 58.1 Å². The van der Waals surface area contributed by atoms with Crippen molar-refractivity contribution in [2.75, 3.05) is 7.11 Å². The van der Waals surface area contributed by atoms with E-state index in [1.165, 1.54) is 0 Å². The Balaban J connectivity index is 2.07. The molecule has 0 radical (unpaired) electrons. The normalized spacial score (nSPS) is 10.3. The molecule has 2 aromatic rings. The van der Waals surface area contributed by atoms with Crippen molar-refractivity contribution in [2.24, 2.45) is 0 Å². The third kappa shape index (κ3) is 3.44. The summed E-state index contributed by atoms with van der Waals surface area (Å²) in [7, 11) is 1.57. The molecule has 0 saturated heterocycles. The Morgan fingerprint density at radius 2 is 1.74 bits per heavy atom. The van der Waals surface area contributed by atoms with Crippen LogP contribution in [0.1, 0.15) is 5.56 Å². The number of hydrogen-bond donors (Lipinski definition) is 0. The lowest BCUT2D eigenvalue weighted by molar-refractivity contribution is 0.288. The fourth-order valence-electron chi connectivity index (χ4n) is 1.50. The van der Waals surface area contributed by atoms with Crippen LogP contribution in [0.2, 0.25) is 0 Å². The molecular formula is C14H11BrF2O2. The van der Waals surface area contributed by atoms with E-state index in [-0.39, 0.29) is 16.8 Å². The number of methoxy groups -OCH3 is 1. The Labute approximate surface area is 118 Å². The molecule has 2 aromatic carbocycles. The Bertz CT molecular complexity index is 570. The van der Waals surface area contributed by atoms with E-state index in [0.717, 1.165) is 23.4 Å². The summed E-state index contributed by atoms with van der Waals surface area (Å²) in [6, 6.07) is 9.20. The van der Waals surface area contributed by atoms with E-state index < -0.39 is 11.6 Å². The van der Waals surface area contributed by atoms with Gasteiger partial charge < -0.3 is 9.47 Å². The number of benzene rings is 2. The first-order chi connectivity index (χ1) is 9.10. The number of ether oxygens (including phenoxy) is 2. The minimum absolute atomic E-state index is 0.0711. The molecule has 0 atom stereocenters. The number of halogens is 3. The second-order valence-corrected chi connectivity index (χ2v) is 4.69. The zero-order valence-electron chi connectivity index (χ0n) is 10.1. The maximum Gasteiger partial charge on any atom is 0.166 e. The summed E-state index contributed by atoms with van der Waals surface area (Å²) in [5.74, 6) is -0.561. The van der Waals surface area contributed by atoms with Crippen molar-refractivity contribution < 1.29 is 18.3 Å². The van der Waals surface area contributed by atoms with Gasteiger partial charge in [-0.05, 0) is 39.7 Å². The van der Waals surface area contributed by atoms with Crippen LogP contribution in [-0.4, -0.2) is 7.11 Å². The van der Waals surface area contributed by atoms with Gasteiger partial charge in [0, 0.05) is 6.07 Å². The molecule has 0 aromatic heterocycles. The van der Waals surface area contributed by atoms with Gasteiger partial charge in [-0.15, -0.1) is 0 Å². The molecule has 0 N–H and O–H groups in total. The van der Waals surface area contributed by atoms with Gasteiger partial charge in [-0.2, -0.15) is 0 Å². The highest BCUT2D eigenvalue weighted by molar-refractivity contribution is 9.10. The van der Waals surface area contributed by atoms with Gasteiger partial charge in [-0.25, -0.2) is 8.78 Å². The molecule has 0 aliphatic heterocycles. The quantitative estimate of drug-likeness (QED) is 0.778. The van der Waals surface area contributed by atoms with Crippen LogP contribution >= 0.6 is 15.9 Å². The summed E-state index contributed by atoms with van der Waals surface area (Å²) in [5.41, 5.74) is 0.837. The van der Waals surface area contributed by atoms with E-state index in [1.54, 1.807) is 31.4 Å². The molecule has 0 heterocycles. The number of rotatable bonds is 4. The molecule has 0 saturated carbocycles. The maximum absolute atomic E-state index is 13.5. The van der Waals surface area contributed by atoms with Crippen molar-refractivity contribution in [1.82, 2.24) is 0 Å². The summed E-state index contributed by atoms with van der Waals surface area (Å²) >= 11 is 2.91. The molecule has 0 spiro atoms. The summed E-state index contributed by atoms with van der Waals surface area (Å²) in [6.45, 7) is 0.155. The molecule has 5 heteroatoms. The van der Waals surface area contributed by atoms with Crippen molar-refractivity contribution in [2.45, 2.75) is 6.61 Å². The highest BCUT2D eigenvalue weighted by Gasteiger charge is 2.09. The molecular weight excluding hydrogens is 318 g/mol. The van der Waals surface area contributed by atoms with E-state index in [2.05, 4.69) is 15.9 Å². The maximum atomic E-state index is 13.5. The Morgan fingerprint density at radius 3 is 2.37 bits per heavy atom. The predicted molar refractivity (Wildman–Crippen MR) is 71.4 cm³/mol. The molecule has 0 unspecified atom stereocenters. The molecule has 0 aliphatic rings. The molecule has 0 bridgehead atoms. The minimum atomic E-state index is -0.609. The molecule has 100 valence electrons. The Hall–Kier alpha value is -1.62. The highest BCUT2D eigenvalue weighted by atomic mass is 79.9. The lowest BCUT2D eigenvalue weighted by Gasteiger charge is -2.08. The summed E-state index contributed by atoms with van der Waals surface area (Å²) in [6.07, 6.45) is 0. The molecule has 0 amide bonds. The third-order valence-corrected chi connectivity index (χ3v) is 3.14. The van der Waals surface area contributed by atoms with E-state index in [9.17, 15) is 8.78 Å². The van der Waals surface area contributed by atoms with Gasteiger partial charge in [-0.3, -0.25) is 0 Å². The van der Waals surface area contributed by atoms with Crippen molar-refractivity contribution in [1.29, 1.82) is 0 Å². The first-order valence-corrected chi connectivity index (χ1v) is 6.29. The fourth-order valence-corrected chi connectivity index (χ4v) is 1.81. The fraction of sp³-hybridized carbons (Fsp3) is 0.143.